The molecular formula is C17H15ClFN5O3S. The second kappa shape index (κ2) is 7.10. The Balaban J connectivity index is 1.50. The predicted molar refractivity (Wildman–Crippen MR) is 99.9 cm³/mol. The van der Waals surface area contributed by atoms with Crippen molar-refractivity contribution in [2.45, 2.75) is 31.8 Å². The summed E-state index contributed by atoms with van der Waals surface area (Å²) in [4.78, 5) is 40.9. The first-order valence-electron chi connectivity index (χ1n) is 8.56. The van der Waals surface area contributed by atoms with E-state index in [9.17, 15) is 18.8 Å². The maximum Gasteiger partial charge on any atom is 0.332 e. The Morgan fingerprint density at radius 3 is 2.86 bits per heavy atom. The van der Waals surface area contributed by atoms with Gasteiger partial charge in [0.25, 0.3) is 11.8 Å². The van der Waals surface area contributed by atoms with Crippen LogP contribution in [0.15, 0.2) is 18.2 Å². The number of halogens is 2. The monoisotopic (exact) mass is 423 g/mol. The molecule has 2 aromatic rings. The third-order valence-corrected chi connectivity index (χ3v) is 6.02. The first kappa shape index (κ1) is 18.8. The molecule has 28 heavy (non-hydrogen) atoms. The first-order valence-corrected chi connectivity index (χ1v) is 9.71. The molecule has 0 spiro atoms. The number of urea groups is 1. The number of aryl methyl sites for hydroxylation is 1. The Morgan fingerprint density at radius 1 is 1.39 bits per heavy atom. The summed E-state index contributed by atoms with van der Waals surface area (Å²) in [6.07, 6.45) is 0.817. The van der Waals surface area contributed by atoms with Crippen LogP contribution in [-0.2, 0) is 4.79 Å². The van der Waals surface area contributed by atoms with Crippen LogP contribution in [0.3, 0.4) is 0 Å². The van der Waals surface area contributed by atoms with Crippen molar-refractivity contribution in [2.24, 2.45) is 0 Å². The molecule has 2 aliphatic heterocycles. The van der Waals surface area contributed by atoms with Crippen LogP contribution in [0.2, 0.25) is 5.02 Å². The predicted octanol–water partition coefficient (Wildman–Crippen LogP) is 2.37. The molecule has 2 saturated heterocycles. The molecule has 2 atom stereocenters. The fraction of sp³-hybridized carbons (Fsp3) is 0.353. The van der Waals surface area contributed by atoms with Gasteiger partial charge in [-0.05, 0) is 49.5 Å². The molecule has 2 fully saturated rings. The summed E-state index contributed by atoms with van der Waals surface area (Å²) >= 11 is 6.80. The zero-order valence-electron chi connectivity index (χ0n) is 14.7. The van der Waals surface area contributed by atoms with E-state index in [1.807, 2.05) is 0 Å². The van der Waals surface area contributed by atoms with Crippen LogP contribution in [0, 0.1) is 12.7 Å². The number of fused-ring (bicyclic) bond motifs is 1. The molecule has 4 rings (SSSR count). The second-order valence-electron chi connectivity index (χ2n) is 6.65. The van der Waals surface area contributed by atoms with Crippen molar-refractivity contribution in [1.29, 1.82) is 0 Å². The van der Waals surface area contributed by atoms with Crippen molar-refractivity contribution >= 4 is 46.7 Å². The third kappa shape index (κ3) is 3.12. The van der Waals surface area contributed by atoms with Gasteiger partial charge in [-0.15, -0.1) is 5.10 Å². The minimum atomic E-state index is -0.684. The summed E-state index contributed by atoms with van der Waals surface area (Å²) in [5, 5.41) is 6.55. The lowest BCUT2D eigenvalue weighted by Crippen LogP contribution is -2.49. The van der Waals surface area contributed by atoms with Gasteiger partial charge in [-0.3, -0.25) is 9.59 Å². The number of nitrogens with zero attached hydrogens (tertiary/aromatic N) is 4. The molecule has 0 saturated carbocycles. The number of hydrogen-bond donors (Lipinski definition) is 1. The van der Waals surface area contributed by atoms with E-state index >= 15 is 0 Å². The first-order chi connectivity index (χ1) is 13.4. The molecule has 1 N–H and O–H groups in total. The van der Waals surface area contributed by atoms with Crippen LogP contribution < -0.4 is 10.2 Å². The number of anilines is 1. The van der Waals surface area contributed by atoms with E-state index in [-0.39, 0.29) is 22.7 Å². The van der Waals surface area contributed by atoms with Gasteiger partial charge in [0.05, 0.1) is 16.4 Å². The fourth-order valence-electron chi connectivity index (χ4n) is 3.48. The smallest absolute Gasteiger partial charge is 0.332 e. The zero-order chi connectivity index (χ0) is 20.0. The van der Waals surface area contributed by atoms with Gasteiger partial charge in [0.15, 0.2) is 0 Å². The number of carbonyl (C=O) groups is 3. The number of hydrogen-bond acceptors (Lipinski definition) is 6. The molecule has 8 nitrogen and oxygen atoms in total. The highest BCUT2D eigenvalue weighted by atomic mass is 35.5. The topological polar surface area (TPSA) is 95.5 Å². The van der Waals surface area contributed by atoms with Gasteiger partial charge in [-0.25, -0.2) is 14.1 Å². The number of aromatic nitrogens is 2. The summed E-state index contributed by atoms with van der Waals surface area (Å²) in [6.45, 7) is 2.03. The van der Waals surface area contributed by atoms with Crippen LogP contribution in [0.25, 0.3) is 0 Å². The minimum absolute atomic E-state index is 0.165. The summed E-state index contributed by atoms with van der Waals surface area (Å²) in [5.74, 6) is -1.33. The molecule has 0 radical (unpaired) electrons. The summed E-state index contributed by atoms with van der Waals surface area (Å²) < 4.78 is 17.2. The van der Waals surface area contributed by atoms with Crippen molar-refractivity contribution < 1.29 is 18.8 Å². The molecule has 1 aromatic heterocycles. The Bertz CT molecular complexity index is 983. The largest absolute Gasteiger partial charge is 0.348 e. The highest BCUT2D eigenvalue weighted by Gasteiger charge is 2.48. The van der Waals surface area contributed by atoms with Gasteiger partial charge in [0.1, 0.15) is 16.7 Å². The molecule has 146 valence electrons. The lowest BCUT2D eigenvalue weighted by Gasteiger charge is -2.32. The van der Waals surface area contributed by atoms with E-state index < -0.39 is 23.8 Å². The maximum atomic E-state index is 13.4. The summed E-state index contributed by atoms with van der Waals surface area (Å²) in [6, 6.07) is 2.30. The molecule has 4 amide bonds. The highest BCUT2D eigenvalue weighted by Crippen LogP contribution is 2.32. The summed E-state index contributed by atoms with van der Waals surface area (Å²) in [5.41, 5.74) is 0.772. The average Bonchev–Trinajstić information content (AvgIpc) is 3.19. The van der Waals surface area contributed by atoms with Crippen molar-refractivity contribution in [3.05, 3.63) is 39.6 Å². The fourth-order valence-corrected chi connectivity index (χ4v) is 4.22. The standard InChI is InChI=1S/C17H15ClFN5O3S/c1-8-14(28-22-21-8)15(25)20-9-4-5-23-13(6-9)16(26)24(17(23)27)10-2-3-12(19)11(18)7-10/h2-3,7,9,13H,4-6H2,1H3,(H,20,25). The molecule has 2 aliphatic rings. The van der Waals surface area contributed by atoms with Gasteiger partial charge < -0.3 is 10.2 Å². The van der Waals surface area contributed by atoms with Gasteiger partial charge in [-0.1, -0.05) is 16.1 Å². The van der Waals surface area contributed by atoms with Crippen LogP contribution in [-0.4, -0.2) is 51.0 Å². The lowest BCUT2D eigenvalue weighted by atomic mass is 9.98. The quantitative estimate of drug-likeness (QED) is 0.764. The van der Waals surface area contributed by atoms with Gasteiger partial charge >= 0.3 is 6.03 Å². The maximum absolute atomic E-state index is 13.4. The molecule has 0 aliphatic carbocycles. The van der Waals surface area contributed by atoms with Gasteiger partial charge in [-0.2, -0.15) is 0 Å². The Kier molecular flexibility index (Phi) is 4.76. The van der Waals surface area contributed by atoms with Crippen molar-refractivity contribution in [2.75, 3.05) is 11.4 Å². The van der Waals surface area contributed by atoms with Crippen LogP contribution in [0.4, 0.5) is 14.9 Å². The zero-order valence-corrected chi connectivity index (χ0v) is 16.3. The van der Waals surface area contributed by atoms with E-state index in [0.29, 0.717) is 30.0 Å². The Labute approximate surface area is 168 Å². The van der Waals surface area contributed by atoms with E-state index in [1.54, 1.807) is 6.92 Å². The Hall–Kier alpha value is -2.59. The molecular weight excluding hydrogens is 409 g/mol. The Morgan fingerprint density at radius 2 is 2.18 bits per heavy atom. The van der Waals surface area contributed by atoms with Crippen LogP contribution in [0.1, 0.15) is 28.2 Å². The van der Waals surface area contributed by atoms with Crippen LogP contribution >= 0.6 is 23.1 Å². The third-order valence-electron chi connectivity index (χ3n) is 4.90. The minimum Gasteiger partial charge on any atom is -0.348 e. The van der Waals surface area contributed by atoms with E-state index in [1.165, 1.54) is 17.0 Å². The normalized spacial score (nSPS) is 21.8. The number of amides is 4. The van der Waals surface area contributed by atoms with Crippen molar-refractivity contribution in [3.8, 4) is 0 Å². The molecule has 3 heterocycles. The number of rotatable bonds is 3. The summed E-state index contributed by atoms with van der Waals surface area (Å²) in [7, 11) is 0. The molecule has 11 heteroatoms. The van der Waals surface area contributed by atoms with E-state index in [2.05, 4.69) is 14.9 Å². The lowest BCUT2D eigenvalue weighted by molar-refractivity contribution is -0.120. The molecule has 1 aromatic carbocycles. The van der Waals surface area contributed by atoms with Crippen LogP contribution in [0.5, 0.6) is 0 Å². The van der Waals surface area contributed by atoms with Crippen molar-refractivity contribution in [3.63, 3.8) is 0 Å². The number of imide groups is 1. The number of nitrogens with one attached hydrogen (secondary N) is 1. The van der Waals surface area contributed by atoms with E-state index in [0.717, 1.165) is 22.5 Å². The average molecular weight is 424 g/mol. The van der Waals surface area contributed by atoms with E-state index in [4.69, 9.17) is 11.6 Å². The number of benzene rings is 1. The van der Waals surface area contributed by atoms with Gasteiger partial charge in [0, 0.05) is 12.6 Å². The SMILES string of the molecule is Cc1nnsc1C(=O)NC1CCN2C(=O)N(c3ccc(F)c(Cl)c3)C(=O)C2C1. The number of piperidine rings is 1. The van der Waals surface area contributed by atoms with Gasteiger partial charge in [0.2, 0.25) is 0 Å². The second-order valence-corrected chi connectivity index (χ2v) is 7.81. The highest BCUT2D eigenvalue weighted by molar-refractivity contribution is 7.08. The van der Waals surface area contributed by atoms with Crippen molar-refractivity contribution in [1.82, 2.24) is 19.8 Å². The molecule has 0 bridgehead atoms. The molecule has 2 unspecified atom stereocenters. The number of carbonyl (C=O) groups excluding carboxylic acids is 3.